The van der Waals surface area contributed by atoms with Crippen molar-refractivity contribution in [1.29, 1.82) is 0 Å². The molecule has 1 atom stereocenters. The smallest absolute Gasteiger partial charge is 0.328 e. The lowest BCUT2D eigenvalue weighted by atomic mass is 10.0. The number of carboxylic acid groups (broad SMARTS) is 1. The Morgan fingerprint density at radius 3 is 2.69 bits per heavy atom. The lowest BCUT2D eigenvalue weighted by Crippen LogP contribution is -2.32. The van der Waals surface area contributed by atoms with Crippen molar-refractivity contribution in [3.8, 4) is 0 Å². The molecule has 1 aromatic rings. The molecule has 88 valence electrons. The highest BCUT2D eigenvalue weighted by Crippen LogP contribution is 2.15. The van der Waals surface area contributed by atoms with Crippen molar-refractivity contribution < 1.29 is 9.90 Å². The fourth-order valence-corrected chi connectivity index (χ4v) is 1.52. The minimum absolute atomic E-state index is 0.106. The van der Waals surface area contributed by atoms with Gasteiger partial charge >= 0.3 is 5.97 Å². The van der Waals surface area contributed by atoms with E-state index in [1.807, 2.05) is 13.8 Å². The number of carbonyl (C=O) groups is 1. The van der Waals surface area contributed by atoms with Gasteiger partial charge in [-0.05, 0) is 18.4 Å². The summed E-state index contributed by atoms with van der Waals surface area (Å²) in [4.78, 5) is 22.5. The first-order valence-electron chi connectivity index (χ1n) is 4.90. The van der Waals surface area contributed by atoms with Crippen LogP contribution in [0.5, 0.6) is 0 Å². The monoisotopic (exact) mass is 244 g/mol. The predicted molar refractivity (Wildman–Crippen MR) is 59.6 cm³/mol. The van der Waals surface area contributed by atoms with Gasteiger partial charge in [-0.1, -0.05) is 25.4 Å². The Kier molecular flexibility index (Phi) is 4.06. The van der Waals surface area contributed by atoms with E-state index in [0.29, 0.717) is 6.42 Å². The molecule has 0 saturated heterocycles. The molecule has 0 aliphatic carbocycles. The van der Waals surface area contributed by atoms with E-state index in [-0.39, 0.29) is 11.1 Å². The van der Waals surface area contributed by atoms with Crippen LogP contribution >= 0.6 is 11.6 Å². The van der Waals surface area contributed by atoms with Crippen molar-refractivity contribution in [3.63, 3.8) is 0 Å². The SMILES string of the molecule is CC(C)C[C@@H](C(=O)O)n1nc(Cl)ccc1=O. The van der Waals surface area contributed by atoms with Crippen LogP contribution in [0.15, 0.2) is 16.9 Å². The standard InChI is InChI=1S/C10H13ClN2O3/c1-6(2)5-7(10(15)16)13-9(14)4-3-8(11)12-13/h3-4,6-7H,5H2,1-2H3,(H,15,16)/t7-/m0/s1. The highest BCUT2D eigenvalue weighted by atomic mass is 35.5. The molecule has 0 unspecified atom stereocenters. The topological polar surface area (TPSA) is 72.2 Å². The second-order valence-corrected chi connectivity index (χ2v) is 4.31. The summed E-state index contributed by atoms with van der Waals surface area (Å²) in [7, 11) is 0. The van der Waals surface area contributed by atoms with E-state index < -0.39 is 17.6 Å². The summed E-state index contributed by atoms with van der Waals surface area (Å²) < 4.78 is 0.921. The Hall–Kier alpha value is -1.36. The summed E-state index contributed by atoms with van der Waals surface area (Å²) in [6, 6.07) is 1.59. The molecular formula is C10H13ClN2O3. The maximum atomic E-state index is 11.5. The summed E-state index contributed by atoms with van der Waals surface area (Å²) in [5.74, 6) is -0.931. The van der Waals surface area contributed by atoms with Crippen LogP contribution in [0, 0.1) is 5.92 Å². The average Bonchev–Trinajstić information content (AvgIpc) is 2.18. The first-order chi connectivity index (χ1) is 7.41. The van der Waals surface area contributed by atoms with Crippen LogP contribution in [-0.4, -0.2) is 20.9 Å². The van der Waals surface area contributed by atoms with Gasteiger partial charge in [0.25, 0.3) is 5.56 Å². The number of rotatable bonds is 4. The predicted octanol–water partition coefficient (Wildman–Crippen LogP) is 1.57. The molecule has 0 fully saturated rings. The van der Waals surface area contributed by atoms with Gasteiger partial charge in [-0.15, -0.1) is 0 Å². The fraction of sp³-hybridized carbons (Fsp3) is 0.500. The summed E-state index contributed by atoms with van der Waals surface area (Å²) in [6.07, 6.45) is 0.336. The molecule has 0 saturated carbocycles. The highest BCUT2D eigenvalue weighted by molar-refractivity contribution is 6.29. The van der Waals surface area contributed by atoms with Gasteiger partial charge in [-0.2, -0.15) is 5.10 Å². The molecule has 0 bridgehead atoms. The van der Waals surface area contributed by atoms with E-state index >= 15 is 0 Å². The molecule has 0 radical (unpaired) electrons. The quantitative estimate of drug-likeness (QED) is 0.873. The van der Waals surface area contributed by atoms with E-state index in [9.17, 15) is 9.59 Å². The number of hydrogen-bond donors (Lipinski definition) is 1. The largest absolute Gasteiger partial charge is 0.480 e. The van der Waals surface area contributed by atoms with Crippen molar-refractivity contribution in [2.45, 2.75) is 26.3 Å². The third kappa shape index (κ3) is 3.06. The lowest BCUT2D eigenvalue weighted by Gasteiger charge is -2.16. The third-order valence-corrected chi connectivity index (χ3v) is 2.27. The van der Waals surface area contributed by atoms with Crippen LogP contribution in [0.2, 0.25) is 5.15 Å². The van der Waals surface area contributed by atoms with Gasteiger partial charge in [0.1, 0.15) is 5.15 Å². The van der Waals surface area contributed by atoms with E-state index in [4.69, 9.17) is 16.7 Å². The van der Waals surface area contributed by atoms with Crippen molar-refractivity contribution in [2.24, 2.45) is 5.92 Å². The fourth-order valence-electron chi connectivity index (χ4n) is 1.38. The molecule has 1 N–H and O–H groups in total. The van der Waals surface area contributed by atoms with Gasteiger partial charge in [0.05, 0.1) is 0 Å². The summed E-state index contributed by atoms with van der Waals surface area (Å²) in [5.41, 5.74) is -0.461. The number of carboxylic acids is 1. The molecule has 1 rings (SSSR count). The van der Waals surface area contributed by atoms with E-state index in [1.165, 1.54) is 12.1 Å². The van der Waals surface area contributed by atoms with Crippen molar-refractivity contribution in [2.75, 3.05) is 0 Å². The van der Waals surface area contributed by atoms with E-state index in [0.717, 1.165) is 4.68 Å². The summed E-state index contributed by atoms with van der Waals surface area (Å²) in [5, 5.41) is 12.9. The van der Waals surface area contributed by atoms with Crippen LogP contribution in [-0.2, 0) is 4.79 Å². The second-order valence-electron chi connectivity index (χ2n) is 3.92. The zero-order valence-electron chi connectivity index (χ0n) is 9.05. The third-order valence-electron chi connectivity index (χ3n) is 2.07. The molecule has 0 aliphatic heterocycles. The van der Waals surface area contributed by atoms with Gasteiger partial charge in [-0.3, -0.25) is 4.79 Å². The van der Waals surface area contributed by atoms with E-state index in [1.54, 1.807) is 0 Å². The first kappa shape index (κ1) is 12.7. The molecule has 0 aromatic carbocycles. The van der Waals surface area contributed by atoms with Crippen molar-refractivity contribution >= 4 is 17.6 Å². The molecule has 1 heterocycles. The first-order valence-corrected chi connectivity index (χ1v) is 5.27. The maximum Gasteiger partial charge on any atom is 0.328 e. The van der Waals surface area contributed by atoms with Crippen LogP contribution in [0.1, 0.15) is 26.3 Å². The highest BCUT2D eigenvalue weighted by Gasteiger charge is 2.23. The maximum absolute atomic E-state index is 11.5. The van der Waals surface area contributed by atoms with Crippen molar-refractivity contribution in [3.05, 3.63) is 27.6 Å². The number of hydrogen-bond acceptors (Lipinski definition) is 3. The Bertz CT molecular complexity index is 442. The van der Waals surface area contributed by atoms with Gasteiger partial charge in [-0.25, -0.2) is 9.48 Å². The molecule has 5 nitrogen and oxygen atoms in total. The molecule has 0 amide bonds. The Morgan fingerprint density at radius 2 is 2.19 bits per heavy atom. The molecule has 0 aliphatic rings. The lowest BCUT2D eigenvalue weighted by molar-refractivity contribution is -0.141. The molecule has 1 aromatic heterocycles. The van der Waals surface area contributed by atoms with Crippen LogP contribution in [0.3, 0.4) is 0 Å². The molecule has 16 heavy (non-hydrogen) atoms. The van der Waals surface area contributed by atoms with Gasteiger partial charge < -0.3 is 5.11 Å². The molecule has 6 heteroatoms. The summed E-state index contributed by atoms with van der Waals surface area (Å²) in [6.45, 7) is 3.76. The average molecular weight is 245 g/mol. The zero-order chi connectivity index (χ0) is 12.3. The van der Waals surface area contributed by atoms with Crippen LogP contribution in [0.4, 0.5) is 0 Å². The molecular weight excluding hydrogens is 232 g/mol. The number of aromatic nitrogens is 2. The number of halogens is 1. The van der Waals surface area contributed by atoms with Crippen LogP contribution < -0.4 is 5.56 Å². The number of nitrogens with zero attached hydrogens (tertiary/aromatic N) is 2. The van der Waals surface area contributed by atoms with E-state index in [2.05, 4.69) is 5.10 Å². The Morgan fingerprint density at radius 1 is 1.56 bits per heavy atom. The Labute approximate surface area is 97.7 Å². The minimum atomic E-state index is -1.08. The second kappa shape index (κ2) is 5.12. The van der Waals surface area contributed by atoms with Crippen LogP contribution in [0.25, 0.3) is 0 Å². The number of aliphatic carboxylic acids is 1. The van der Waals surface area contributed by atoms with Gasteiger partial charge in [0.15, 0.2) is 6.04 Å². The van der Waals surface area contributed by atoms with Crippen molar-refractivity contribution in [1.82, 2.24) is 9.78 Å². The minimum Gasteiger partial charge on any atom is -0.480 e. The van der Waals surface area contributed by atoms with Gasteiger partial charge in [0.2, 0.25) is 0 Å². The zero-order valence-corrected chi connectivity index (χ0v) is 9.81. The Balaban J connectivity index is 3.15. The molecule has 0 spiro atoms. The summed E-state index contributed by atoms with van der Waals surface area (Å²) >= 11 is 5.64. The normalized spacial score (nSPS) is 12.8. The van der Waals surface area contributed by atoms with Gasteiger partial charge in [0, 0.05) is 6.07 Å².